The number of urea groups is 1. The lowest BCUT2D eigenvalue weighted by Gasteiger charge is -2.35. The van der Waals surface area contributed by atoms with Crippen molar-refractivity contribution in [2.24, 2.45) is 0 Å². The number of hydrogen-bond acceptors (Lipinski definition) is 4. The van der Waals surface area contributed by atoms with Gasteiger partial charge in [-0.2, -0.15) is 0 Å². The van der Waals surface area contributed by atoms with Gasteiger partial charge in [0.25, 0.3) is 0 Å². The Balaban J connectivity index is 1.73. The molecule has 1 atom stereocenters. The SMILES string of the molecule is Cc1ncc(CNC(=O)N(CCO)[C@H]2CCCc3ccccc32)s1. The number of aliphatic hydroxyl groups is 1. The Morgan fingerprint density at radius 3 is 3.04 bits per heavy atom. The van der Waals surface area contributed by atoms with Crippen LogP contribution >= 0.6 is 11.3 Å². The zero-order chi connectivity index (χ0) is 16.9. The van der Waals surface area contributed by atoms with Gasteiger partial charge in [0.05, 0.1) is 24.2 Å². The predicted molar refractivity (Wildman–Crippen MR) is 95.0 cm³/mol. The fraction of sp³-hybridized carbons (Fsp3) is 0.444. The summed E-state index contributed by atoms with van der Waals surface area (Å²) >= 11 is 1.59. The minimum Gasteiger partial charge on any atom is -0.395 e. The van der Waals surface area contributed by atoms with E-state index < -0.39 is 0 Å². The first-order valence-corrected chi connectivity index (χ1v) is 9.15. The largest absolute Gasteiger partial charge is 0.395 e. The Hall–Kier alpha value is -1.92. The van der Waals surface area contributed by atoms with Gasteiger partial charge in [0.2, 0.25) is 0 Å². The molecule has 24 heavy (non-hydrogen) atoms. The molecule has 2 amide bonds. The van der Waals surface area contributed by atoms with Crippen molar-refractivity contribution >= 4 is 17.4 Å². The molecular weight excluding hydrogens is 322 g/mol. The Kier molecular flexibility index (Phi) is 5.48. The minimum atomic E-state index is -0.128. The highest BCUT2D eigenvalue weighted by atomic mass is 32.1. The molecule has 0 aliphatic heterocycles. The summed E-state index contributed by atoms with van der Waals surface area (Å²) in [4.78, 5) is 19.7. The average molecular weight is 345 g/mol. The number of aromatic nitrogens is 1. The molecule has 0 unspecified atom stereocenters. The molecule has 0 fully saturated rings. The first-order valence-electron chi connectivity index (χ1n) is 8.33. The van der Waals surface area contributed by atoms with E-state index in [0.29, 0.717) is 13.1 Å². The summed E-state index contributed by atoms with van der Waals surface area (Å²) in [5.74, 6) is 0. The number of fused-ring (bicyclic) bond motifs is 1. The van der Waals surface area contributed by atoms with E-state index in [9.17, 15) is 9.90 Å². The average Bonchev–Trinajstić information content (AvgIpc) is 3.02. The smallest absolute Gasteiger partial charge is 0.318 e. The van der Waals surface area contributed by atoms with Crippen LogP contribution in [0.25, 0.3) is 0 Å². The van der Waals surface area contributed by atoms with Crippen LogP contribution in [0.5, 0.6) is 0 Å². The van der Waals surface area contributed by atoms with Gasteiger partial charge in [0.1, 0.15) is 0 Å². The first-order chi connectivity index (χ1) is 11.7. The molecule has 0 saturated heterocycles. The van der Waals surface area contributed by atoms with Gasteiger partial charge in [-0.1, -0.05) is 24.3 Å². The number of thiazole rings is 1. The number of rotatable bonds is 5. The summed E-state index contributed by atoms with van der Waals surface area (Å²) in [6, 6.07) is 8.21. The number of nitrogens with one attached hydrogen (secondary N) is 1. The number of aliphatic hydroxyl groups excluding tert-OH is 1. The quantitative estimate of drug-likeness (QED) is 0.875. The molecule has 0 spiro atoms. The number of benzene rings is 1. The van der Waals surface area contributed by atoms with E-state index in [0.717, 1.165) is 29.1 Å². The maximum atomic E-state index is 12.7. The second kappa shape index (κ2) is 7.77. The van der Waals surface area contributed by atoms with E-state index in [-0.39, 0.29) is 18.7 Å². The van der Waals surface area contributed by atoms with Crippen molar-refractivity contribution in [2.75, 3.05) is 13.2 Å². The highest BCUT2D eigenvalue weighted by Gasteiger charge is 2.28. The van der Waals surface area contributed by atoms with Crippen molar-refractivity contribution in [3.63, 3.8) is 0 Å². The number of nitrogens with zero attached hydrogens (tertiary/aromatic N) is 2. The third-order valence-corrected chi connectivity index (χ3v) is 5.31. The van der Waals surface area contributed by atoms with Crippen LogP contribution in [-0.4, -0.2) is 34.2 Å². The van der Waals surface area contributed by atoms with Crippen LogP contribution in [0.4, 0.5) is 4.79 Å². The molecule has 2 N–H and O–H groups in total. The molecule has 1 aliphatic rings. The maximum absolute atomic E-state index is 12.7. The fourth-order valence-corrected chi connectivity index (χ4v) is 4.04. The van der Waals surface area contributed by atoms with Crippen molar-refractivity contribution in [3.8, 4) is 0 Å². The van der Waals surface area contributed by atoms with Gasteiger partial charge in [-0.15, -0.1) is 11.3 Å². The summed E-state index contributed by atoms with van der Waals surface area (Å²) < 4.78 is 0. The van der Waals surface area contributed by atoms with Crippen LogP contribution in [0.15, 0.2) is 30.5 Å². The van der Waals surface area contributed by atoms with Crippen LogP contribution in [0.3, 0.4) is 0 Å². The third-order valence-electron chi connectivity index (χ3n) is 4.40. The molecule has 1 aliphatic carbocycles. The second-order valence-electron chi connectivity index (χ2n) is 6.03. The van der Waals surface area contributed by atoms with Crippen molar-refractivity contribution in [2.45, 2.75) is 38.8 Å². The second-order valence-corrected chi connectivity index (χ2v) is 7.35. The van der Waals surface area contributed by atoms with E-state index in [2.05, 4.69) is 22.4 Å². The monoisotopic (exact) mass is 345 g/mol. The lowest BCUT2D eigenvalue weighted by molar-refractivity contribution is 0.144. The van der Waals surface area contributed by atoms with Crippen LogP contribution in [0, 0.1) is 6.92 Å². The van der Waals surface area contributed by atoms with Crippen LogP contribution in [0.2, 0.25) is 0 Å². The van der Waals surface area contributed by atoms with Gasteiger partial charge >= 0.3 is 6.03 Å². The number of amides is 2. The molecule has 128 valence electrons. The van der Waals surface area contributed by atoms with Gasteiger partial charge in [0.15, 0.2) is 0 Å². The Bertz CT molecular complexity index is 701. The van der Waals surface area contributed by atoms with E-state index in [1.165, 1.54) is 11.1 Å². The highest BCUT2D eigenvalue weighted by Crippen LogP contribution is 2.34. The molecule has 5 nitrogen and oxygen atoms in total. The normalized spacial score (nSPS) is 16.5. The lowest BCUT2D eigenvalue weighted by Crippen LogP contribution is -2.44. The number of carbonyl (C=O) groups is 1. The minimum absolute atomic E-state index is 0.0327. The zero-order valence-corrected chi connectivity index (χ0v) is 14.7. The standard InChI is InChI=1S/C18H23N3O2S/c1-13-19-11-15(24-13)12-20-18(23)21(9-10-22)17-8-4-6-14-5-2-3-7-16(14)17/h2-3,5,7,11,17,22H,4,6,8-10,12H2,1H3,(H,20,23)/t17-/m0/s1. The Morgan fingerprint density at radius 1 is 1.46 bits per heavy atom. The van der Waals surface area contributed by atoms with Crippen molar-refractivity contribution in [1.82, 2.24) is 15.2 Å². The summed E-state index contributed by atoms with van der Waals surface area (Å²) in [7, 11) is 0. The summed E-state index contributed by atoms with van der Waals surface area (Å²) in [5.41, 5.74) is 2.52. The molecule has 0 radical (unpaired) electrons. The predicted octanol–water partition coefficient (Wildman–Crippen LogP) is 3.03. The first kappa shape index (κ1) is 16.9. The molecule has 1 aromatic carbocycles. The summed E-state index contributed by atoms with van der Waals surface area (Å²) in [6.07, 6.45) is 4.85. The topological polar surface area (TPSA) is 65.5 Å². The molecule has 2 aromatic rings. The molecule has 1 heterocycles. The van der Waals surface area contributed by atoms with E-state index in [4.69, 9.17) is 0 Å². The van der Waals surface area contributed by atoms with Crippen LogP contribution < -0.4 is 5.32 Å². The molecule has 6 heteroatoms. The van der Waals surface area contributed by atoms with E-state index >= 15 is 0 Å². The fourth-order valence-electron chi connectivity index (χ4n) is 3.31. The van der Waals surface area contributed by atoms with E-state index in [1.54, 1.807) is 22.4 Å². The van der Waals surface area contributed by atoms with E-state index in [1.807, 2.05) is 19.1 Å². The number of hydrogen-bond donors (Lipinski definition) is 2. The van der Waals surface area contributed by atoms with Gasteiger partial charge in [0, 0.05) is 17.6 Å². The lowest BCUT2D eigenvalue weighted by atomic mass is 9.87. The van der Waals surface area contributed by atoms with Gasteiger partial charge in [-0.25, -0.2) is 9.78 Å². The summed E-state index contributed by atoms with van der Waals surface area (Å²) in [6.45, 7) is 2.73. The number of aryl methyl sites for hydroxylation is 2. The van der Waals surface area contributed by atoms with Gasteiger partial charge < -0.3 is 15.3 Å². The maximum Gasteiger partial charge on any atom is 0.318 e. The third kappa shape index (κ3) is 3.76. The van der Waals surface area contributed by atoms with Crippen LogP contribution in [0.1, 0.15) is 39.9 Å². The Morgan fingerprint density at radius 2 is 2.29 bits per heavy atom. The van der Waals surface area contributed by atoms with Crippen molar-refractivity contribution in [1.29, 1.82) is 0 Å². The molecule has 1 aromatic heterocycles. The highest BCUT2D eigenvalue weighted by molar-refractivity contribution is 7.11. The van der Waals surface area contributed by atoms with Gasteiger partial charge in [-0.05, 0) is 37.3 Å². The molecule has 0 saturated carbocycles. The molecule has 0 bridgehead atoms. The number of carbonyl (C=O) groups excluding carboxylic acids is 1. The van der Waals surface area contributed by atoms with Crippen molar-refractivity contribution < 1.29 is 9.90 Å². The van der Waals surface area contributed by atoms with Crippen LogP contribution in [-0.2, 0) is 13.0 Å². The molecular formula is C18H23N3O2S. The van der Waals surface area contributed by atoms with Gasteiger partial charge in [-0.3, -0.25) is 0 Å². The zero-order valence-electron chi connectivity index (χ0n) is 13.9. The molecule has 3 rings (SSSR count). The summed E-state index contributed by atoms with van der Waals surface area (Å²) in [5, 5.41) is 13.4. The Labute approximate surface area is 146 Å². The van der Waals surface area contributed by atoms with Crippen molar-refractivity contribution in [3.05, 3.63) is 51.5 Å².